The Morgan fingerprint density at radius 2 is 1.65 bits per heavy atom. The summed E-state index contributed by atoms with van der Waals surface area (Å²) in [7, 11) is 0. The minimum atomic E-state index is -0.338. The van der Waals surface area contributed by atoms with Crippen LogP contribution in [0, 0.1) is 12.3 Å². The summed E-state index contributed by atoms with van der Waals surface area (Å²) in [6.45, 7) is 7.91. The summed E-state index contributed by atoms with van der Waals surface area (Å²) in [5.41, 5.74) is 1.59. The molecule has 0 aliphatic carbocycles. The third-order valence-electron chi connectivity index (χ3n) is 3.05. The van der Waals surface area contributed by atoms with E-state index in [-0.39, 0.29) is 11.2 Å². The Labute approximate surface area is 102 Å². The zero-order valence-corrected chi connectivity index (χ0v) is 10.9. The predicted octanol–water partition coefficient (Wildman–Crippen LogP) is 4.38. The zero-order valence-electron chi connectivity index (χ0n) is 10.9. The third kappa shape index (κ3) is 2.10. The molecule has 88 valence electrons. The van der Waals surface area contributed by atoms with Gasteiger partial charge < -0.3 is 0 Å². The molecule has 2 aromatic carbocycles. The number of ketones is 1. The van der Waals surface area contributed by atoms with Crippen molar-refractivity contribution in [2.24, 2.45) is 5.41 Å². The van der Waals surface area contributed by atoms with Gasteiger partial charge in [-0.25, -0.2) is 0 Å². The zero-order chi connectivity index (χ0) is 12.6. The molecular weight excluding hydrogens is 208 g/mol. The average molecular weight is 226 g/mol. The van der Waals surface area contributed by atoms with Gasteiger partial charge in [-0.3, -0.25) is 4.79 Å². The Hall–Kier alpha value is -1.63. The van der Waals surface area contributed by atoms with Gasteiger partial charge in [-0.15, -0.1) is 0 Å². The highest BCUT2D eigenvalue weighted by Gasteiger charge is 2.25. The predicted molar refractivity (Wildman–Crippen MR) is 72.5 cm³/mol. The highest BCUT2D eigenvalue weighted by Crippen LogP contribution is 2.29. The van der Waals surface area contributed by atoms with Crippen LogP contribution in [-0.2, 0) is 0 Å². The molecule has 0 saturated carbocycles. The first-order valence-electron chi connectivity index (χ1n) is 5.94. The molecule has 0 radical (unpaired) electrons. The van der Waals surface area contributed by atoms with Gasteiger partial charge in [0.05, 0.1) is 0 Å². The summed E-state index contributed by atoms with van der Waals surface area (Å²) < 4.78 is 0. The Morgan fingerprint density at radius 3 is 2.29 bits per heavy atom. The second kappa shape index (κ2) is 3.99. The van der Waals surface area contributed by atoms with Gasteiger partial charge in [0, 0.05) is 11.0 Å². The largest absolute Gasteiger partial charge is 0.294 e. The lowest BCUT2D eigenvalue weighted by molar-refractivity contribution is 0.0859. The number of carbonyl (C=O) groups excluding carboxylic acids is 1. The van der Waals surface area contributed by atoms with E-state index in [4.69, 9.17) is 0 Å². The number of hydrogen-bond acceptors (Lipinski definition) is 1. The first kappa shape index (κ1) is 11.8. The van der Waals surface area contributed by atoms with Gasteiger partial charge >= 0.3 is 0 Å². The standard InChI is InChI=1S/C16H18O/c1-11-9-10-12-7-5-6-8-13(12)14(11)15(17)16(2,3)4/h5-10H,1-4H3. The molecule has 0 atom stereocenters. The Balaban J connectivity index is 2.76. The molecule has 2 aromatic rings. The minimum Gasteiger partial charge on any atom is -0.294 e. The van der Waals surface area contributed by atoms with Gasteiger partial charge in [-0.2, -0.15) is 0 Å². The maximum Gasteiger partial charge on any atom is 0.169 e. The SMILES string of the molecule is Cc1ccc2ccccc2c1C(=O)C(C)(C)C. The number of benzene rings is 2. The molecule has 0 aliphatic rings. The van der Waals surface area contributed by atoms with E-state index in [2.05, 4.69) is 6.07 Å². The van der Waals surface area contributed by atoms with Crippen molar-refractivity contribution >= 4 is 16.6 Å². The van der Waals surface area contributed by atoms with Crippen molar-refractivity contribution in [1.29, 1.82) is 0 Å². The summed E-state index contributed by atoms with van der Waals surface area (Å²) >= 11 is 0. The van der Waals surface area contributed by atoms with E-state index in [1.165, 1.54) is 0 Å². The fourth-order valence-corrected chi connectivity index (χ4v) is 2.06. The quantitative estimate of drug-likeness (QED) is 0.660. The van der Waals surface area contributed by atoms with Gasteiger partial charge in [0.15, 0.2) is 5.78 Å². The summed E-state index contributed by atoms with van der Waals surface area (Å²) in [4.78, 5) is 12.5. The van der Waals surface area contributed by atoms with Crippen molar-refractivity contribution in [2.45, 2.75) is 27.7 Å². The molecular formula is C16H18O. The second-order valence-corrected chi connectivity index (χ2v) is 5.56. The van der Waals surface area contributed by atoms with Crippen molar-refractivity contribution < 1.29 is 4.79 Å². The molecule has 0 fully saturated rings. The molecule has 0 aliphatic heterocycles. The Morgan fingerprint density at radius 1 is 1.00 bits per heavy atom. The normalized spacial score (nSPS) is 11.8. The maximum atomic E-state index is 12.5. The molecule has 0 bridgehead atoms. The van der Waals surface area contributed by atoms with E-state index >= 15 is 0 Å². The van der Waals surface area contributed by atoms with Crippen molar-refractivity contribution in [1.82, 2.24) is 0 Å². The maximum absolute atomic E-state index is 12.5. The van der Waals surface area contributed by atoms with Crippen LogP contribution in [0.5, 0.6) is 0 Å². The van der Waals surface area contributed by atoms with Crippen molar-refractivity contribution in [3.8, 4) is 0 Å². The van der Waals surface area contributed by atoms with E-state index in [1.807, 2.05) is 58.0 Å². The summed E-state index contributed by atoms with van der Waals surface area (Å²) in [6.07, 6.45) is 0. The van der Waals surface area contributed by atoms with Crippen molar-refractivity contribution in [3.05, 3.63) is 47.5 Å². The van der Waals surface area contributed by atoms with Crippen LogP contribution in [0.15, 0.2) is 36.4 Å². The van der Waals surface area contributed by atoms with Crippen LogP contribution in [0.2, 0.25) is 0 Å². The topological polar surface area (TPSA) is 17.1 Å². The number of fused-ring (bicyclic) bond motifs is 1. The molecule has 1 nitrogen and oxygen atoms in total. The van der Waals surface area contributed by atoms with Gasteiger partial charge in [0.25, 0.3) is 0 Å². The minimum absolute atomic E-state index is 0.215. The molecule has 1 heteroatoms. The van der Waals surface area contributed by atoms with E-state index in [9.17, 15) is 4.79 Å². The van der Waals surface area contributed by atoms with Crippen LogP contribution < -0.4 is 0 Å². The lowest BCUT2D eigenvalue weighted by Crippen LogP contribution is -2.21. The van der Waals surface area contributed by atoms with Crippen LogP contribution in [0.25, 0.3) is 10.8 Å². The van der Waals surface area contributed by atoms with E-state index in [1.54, 1.807) is 0 Å². The number of Topliss-reactive ketones (excluding diaryl/α,β-unsaturated/α-hetero) is 1. The summed E-state index contributed by atoms with van der Waals surface area (Å²) in [5, 5.41) is 2.19. The van der Waals surface area contributed by atoms with Crippen LogP contribution in [0.1, 0.15) is 36.7 Å². The molecule has 0 unspecified atom stereocenters. The number of rotatable bonds is 1. The Bertz CT molecular complexity index is 574. The lowest BCUT2D eigenvalue weighted by Gasteiger charge is -2.19. The van der Waals surface area contributed by atoms with Gasteiger partial charge in [-0.05, 0) is 23.3 Å². The highest BCUT2D eigenvalue weighted by molar-refractivity contribution is 6.11. The van der Waals surface area contributed by atoms with E-state index in [0.29, 0.717) is 0 Å². The smallest absolute Gasteiger partial charge is 0.169 e. The number of carbonyl (C=O) groups is 1. The van der Waals surface area contributed by atoms with Crippen molar-refractivity contribution in [3.63, 3.8) is 0 Å². The summed E-state index contributed by atoms with van der Waals surface area (Å²) in [5.74, 6) is 0.215. The number of aryl methyl sites for hydroxylation is 1. The fraction of sp³-hybridized carbons (Fsp3) is 0.312. The first-order chi connectivity index (χ1) is 7.91. The second-order valence-electron chi connectivity index (χ2n) is 5.56. The fourth-order valence-electron chi connectivity index (χ4n) is 2.06. The number of hydrogen-bond donors (Lipinski definition) is 0. The van der Waals surface area contributed by atoms with Crippen LogP contribution >= 0.6 is 0 Å². The van der Waals surface area contributed by atoms with E-state index < -0.39 is 0 Å². The molecule has 0 N–H and O–H groups in total. The highest BCUT2D eigenvalue weighted by atomic mass is 16.1. The van der Waals surface area contributed by atoms with Crippen LogP contribution in [0.3, 0.4) is 0 Å². The molecule has 0 amide bonds. The van der Waals surface area contributed by atoms with Crippen molar-refractivity contribution in [2.75, 3.05) is 0 Å². The van der Waals surface area contributed by atoms with E-state index in [0.717, 1.165) is 21.9 Å². The summed E-state index contributed by atoms with van der Waals surface area (Å²) in [6, 6.07) is 12.2. The molecule has 0 spiro atoms. The Kier molecular flexibility index (Phi) is 2.78. The molecule has 0 saturated heterocycles. The van der Waals surface area contributed by atoms with Gasteiger partial charge in [0.1, 0.15) is 0 Å². The monoisotopic (exact) mass is 226 g/mol. The molecule has 2 rings (SSSR count). The molecule has 0 aromatic heterocycles. The average Bonchev–Trinajstić information content (AvgIpc) is 2.27. The molecule has 17 heavy (non-hydrogen) atoms. The van der Waals surface area contributed by atoms with Crippen LogP contribution in [-0.4, -0.2) is 5.78 Å². The van der Waals surface area contributed by atoms with Gasteiger partial charge in [0.2, 0.25) is 0 Å². The lowest BCUT2D eigenvalue weighted by atomic mass is 9.83. The van der Waals surface area contributed by atoms with Gasteiger partial charge in [-0.1, -0.05) is 57.2 Å². The van der Waals surface area contributed by atoms with Crippen LogP contribution in [0.4, 0.5) is 0 Å². The molecule has 0 heterocycles. The first-order valence-corrected chi connectivity index (χ1v) is 5.94. The third-order valence-corrected chi connectivity index (χ3v) is 3.05.